The molecule has 1 aromatic rings. The molecule has 2 rings (SSSR count). The van der Waals surface area contributed by atoms with Crippen LogP contribution in [-0.4, -0.2) is 20.2 Å². The van der Waals surface area contributed by atoms with Gasteiger partial charge in [-0.15, -0.1) is 0 Å². The highest BCUT2D eigenvalue weighted by Gasteiger charge is 2.24. The molecule has 0 radical (unpaired) electrons. The third kappa shape index (κ3) is 2.07. The van der Waals surface area contributed by atoms with Gasteiger partial charge in [-0.3, -0.25) is 0 Å². The zero-order valence-corrected chi connectivity index (χ0v) is 10.4. The molecule has 0 aromatic heterocycles. The standard InChI is InChI=1S/C14H21NO/c1-10(15-2)11-7-8-13-12(9-11)5-4-6-14(13)16-3/h4-6,10-11,15H,7-9H2,1-3H3. The third-order valence-corrected chi connectivity index (χ3v) is 3.86. The van der Waals surface area contributed by atoms with Crippen LogP contribution < -0.4 is 10.1 Å². The number of nitrogens with one attached hydrogen (secondary N) is 1. The molecule has 2 nitrogen and oxygen atoms in total. The molecule has 0 saturated carbocycles. The van der Waals surface area contributed by atoms with Gasteiger partial charge in [0.25, 0.3) is 0 Å². The van der Waals surface area contributed by atoms with Gasteiger partial charge in [-0.1, -0.05) is 12.1 Å². The van der Waals surface area contributed by atoms with Crippen LogP contribution in [0, 0.1) is 5.92 Å². The maximum atomic E-state index is 5.42. The molecule has 0 aliphatic heterocycles. The number of hydrogen-bond acceptors (Lipinski definition) is 2. The summed E-state index contributed by atoms with van der Waals surface area (Å²) in [6, 6.07) is 7.01. The van der Waals surface area contributed by atoms with E-state index in [-0.39, 0.29) is 0 Å². The minimum atomic E-state index is 0.597. The smallest absolute Gasteiger partial charge is 0.122 e. The highest BCUT2D eigenvalue weighted by atomic mass is 16.5. The molecule has 0 spiro atoms. The lowest BCUT2D eigenvalue weighted by atomic mass is 9.80. The van der Waals surface area contributed by atoms with E-state index in [1.54, 1.807) is 7.11 Å². The summed E-state index contributed by atoms with van der Waals surface area (Å²) in [6.45, 7) is 2.27. The van der Waals surface area contributed by atoms with Crippen LogP contribution in [0.15, 0.2) is 18.2 Å². The Labute approximate surface area is 98.0 Å². The van der Waals surface area contributed by atoms with Gasteiger partial charge in [0.05, 0.1) is 7.11 Å². The van der Waals surface area contributed by atoms with Crippen LogP contribution in [0.3, 0.4) is 0 Å². The molecule has 0 bridgehead atoms. The van der Waals surface area contributed by atoms with Crippen molar-refractivity contribution in [2.45, 2.75) is 32.2 Å². The average Bonchev–Trinajstić information content (AvgIpc) is 2.36. The van der Waals surface area contributed by atoms with E-state index in [2.05, 4.69) is 30.4 Å². The van der Waals surface area contributed by atoms with Crippen molar-refractivity contribution in [1.29, 1.82) is 0 Å². The van der Waals surface area contributed by atoms with E-state index in [1.165, 1.54) is 24.0 Å². The Kier molecular flexibility index (Phi) is 3.49. The van der Waals surface area contributed by atoms with Gasteiger partial charge in [0.2, 0.25) is 0 Å². The minimum absolute atomic E-state index is 0.597. The lowest BCUT2D eigenvalue weighted by molar-refractivity contribution is 0.345. The molecule has 1 aliphatic rings. The Morgan fingerprint density at radius 1 is 1.44 bits per heavy atom. The van der Waals surface area contributed by atoms with Crippen LogP contribution in [0.4, 0.5) is 0 Å². The maximum Gasteiger partial charge on any atom is 0.122 e. The monoisotopic (exact) mass is 219 g/mol. The highest BCUT2D eigenvalue weighted by molar-refractivity contribution is 5.42. The first-order valence-corrected chi connectivity index (χ1v) is 6.08. The molecule has 0 saturated heterocycles. The fourth-order valence-electron chi connectivity index (χ4n) is 2.65. The Balaban J connectivity index is 2.21. The van der Waals surface area contributed by atoms with Crippen LogP contribution in [-0.2, 0) is 12.8 Å². The molecule has 1 N–H and O–H groups in total. The van der Waals surface area contributed by atoms with Crippen LogP contribution >= 0.6 is 0 Å². The van der Waals surface area contributed by atoms with Crippen molar-refractivity contribution in [2.75, 3.05) is 14.2 Å². The fourth-order valence-corrected chi connectivity index (χ4v) is 2.65. The van der Waals surface area contributed by atoms with Crippen molar-refractivity contribution in [3.63, 3.8) is 0 Å². The Morgan fingerprint density at radius 3 is 2.94 bits per heavy atom. The Hall–Kier alpha value is -1.02. The van der Waals surface area contributed by atoms with Crippen molar-refractivity contribution in [2.24, 2.45) is 5.92 Å². The average molecular weight is 219 g/mol. The number of benzene rings is 1. The quantitative estimate of drug-likeness (QED) is 0.843. The zero-order valence-electron chi connectivity index (χ0n) is 10.4. The predicted molar refractivity (Wildman–Crippen MR) is 67.0 cm³/mol. The van der Waals surface area contributed by atoms with Gasteiger partial charge < -0.3 is 10.1 Å². The fraction of sp³-hybridized carbons (Fsp3) is 0.571. The molecule has 1 aliphatic carbocycles. The predicted octanol–water partition coefficient (Wildman–Crippen LogP) is 2.41. The van der Waals surface area contributed by atoms with Crippen molar-refractivity contribution in [3.8, 4) is 5.75 Å². The van der Waals surface area contributed by atoms with E-state index in [0.29, 0.717) is 6.04 Å². The molecule has 0 amide bonds. The first-order chi connectivity index (χ1) is 7.76. The number of methoxy groups -OCH3 is 1. The van der Waals surface area contributed by atoms with Crippen molar-refractivity contribution < 1.29 is 4.74 Å². The summed E-state index contributed by atoms with van der Waals surface area (Å²) >= 11 is 0. The van der Waals surface area contributed by atoms with Gasteiger partial charge in [-0.25, -0.2) is 0 Å². The molecule has 1 aromatic carbocycles. The van der Waals surface area contributed by atoms with E-state index in [9.17, 15) is 0 Å². The molecule has 88 valence electrons. The Bertz CT molecular complexity index is 362. The lowest BCUT2D eigenvalue weighted by Gasteiger charge is -2.30. The van der Waals surface area contributed by atoms with Crippen LogP contribution in [0.25, 0.3) is 0 Å². The van der Waals surface area contributed by atoms with Crippen LogP contribution in [0.2, 0.25) is 0 Å². The number of rotatable bonds is 3. The van der Waals surface area contributed by atoms with Gasteiger partial charge in [0, 0.05) is 6.04 Å². The topological polar surface area (TPSA) is 21.3 Å². The summed E-state index contributed by atoms with van der Waals surface area (Å²) in [5, 5.41) is 3.36. The summed E-state index contributed by atoms with van der Waals surface area (Å²) in [7, 11) is 3.81. The van der Waals surface area contributed by atoms with E-state index >= 15 is 0 Å². The summed E-state index contributed by atoms with van der Waals surface area (Å²) in [6.07, 6.45) is 3.58. The number of fused-ring (bicyclic) bond motifs is 1. The summed E-state index contributed by atoms with van der Waals surface area (Å²) in [4.78, 5) is 0. The molecule has 0 heterocycles. The molecule has 2 unspecified atom stereocenters. The lowest BCUT2D eigenvalue weighted by Crippen LogP contribution is -2.34. The van der Waals surface area contributed by atoms with E-state index in [4.69, 9.17) is 4.74 Å². The third-order valence-electron chi connectivity index (χ3n) is 3.86. The largest absolute Gasteiger partial charge is 0.496 e. The second-order valence-electron chi connectivity index (χ2n) is 4.68. The van der Waals surface area contributed by atoms with Gasteiger partial charge in [-0.2, -0.15) is 0 Å². The minimum Gasteiger partial charge on any atom is -0.496 e. The highest BCUT2D eigenvalue weighted by Crippen LogP contribution is 2.33. The van der Waals surface area contributed by atoms with Gasteiger partial charge in [-0.05, 0) is 56.3 Å². The second kappa shape index (κ2) is 4.88. The maximum absolute atomic E-state index is 5.42. The zero-order chi connectivity index (χ0) is 11.5. The molecule has 2 atom stereocenters. The van der Waals surface area contributed by atoms with E-state index in [0.717, 1.165) is 18.1 Å². The summed E-state index contributed by atoms with van der Waals surface area (Å²) in [5.41, 5.74) is 2.89. The SMILES string of the molecule is CNC(C)C1CCc2c(cccc2OC)C1. The summed E-state index contributed by atoms with van der Waals surface area (Å²) in [5.74, 6) is 1.82. The van der Waals surface area contributed by atoms with Gasteiger partial charge in [0.15, 0.2) is 0 Å². The molecule has 0 fully saturated rings. The Morgan fingerprint density at radius 2 is 2.25 bits per heavy atom. The first kappa shape index (κ1) is 11.5. The van der Waals surface area contributed by atoms with Crippen LogP contribution in [0.5, 0.6) is 5.75 Å². The first-order valence-electron chi connectivity index (χ1n) is 6.08. The van der Waals surface area contributed by atoms with Crippen molar-refractivity contribution in [1.82, 2.24) is 5.32 Å². The van der Waals surface area contributed by atoms with Gasteiger partial charge >= 0.3 is 0 Å². The van der Waals surface area contributed by atoms with E-state index < -0.39 is 0 Å². The van der Waals surface area contributed by atoms with E-state index in [1.807, 2.05) is 7.05 Å². The molecular weight excluding hydrogens is 198 g/mol. The van der Waals surface area contributed by atoms with Crippen LogP contribution in [0.1, 0.15) is 24.5 Å². The molecule has 2 heteroatoms. The number of ether oxygens (including phenoxy) is 1. The number of hydrogen-bond donors (Lipinski definition) is 1. The summed E-state index contributed by atoms with van der Waals surface area (Å²) < 4.78 is 5.42. The molecule has 16 heavy (non-hydrogen) atoms. The normalized spacial score (nSPS) is 21.3. The molecular formula is C14H21NO. The van der Waals surface area contributed by atoms with Crippen molar-refractivity contribution in [3.05, 3.63) is 29.3 Å². The van der Waals surface area contributed by atoms with Gasteiger partial charge in [0.1, 0.15) is 5.75 Å². The van der Waals surface area contributed by atoms with Crippen molar-refractivity contribution >= 4 is 0 Å². The second-order valence-corrected chi connectivity index (χ2v) is 4.68.